The van der Waals surface area contributed by atoms with Gasteiger partial charge in [0.15, 0.2) is 6.29 Å². The molecule has 0 aliphatic rings. The van der Waals surface area contributed by atoms with Crippen LogP contribution in [0.4, 0.5) is 5.69 Å². The largest absolute Gasteiger partial charge is 0.397 e. The summed E-state index contributed by atoms with van der Waals surface area (Å²) in [6.07, 6.45) is 3.76. The molecular formula is C6H5IN2O. The molecule has 0 atom stereocenters. The summed E-state index contributed by atoms with van der Waals surface area (Å²) in [6.45, 7) is 0. The molecule has 1 aromatic heterocycles. The summed E-state index contributed by atoms with van der Waals surface area (Å²) >= 11 is 2.01. The zero-order valence-corrected chi connectivity index (χ0v) is 7.20. The van der Waals surface area contributed by atoms with Gasteiger partial charge in [-0.1, -0.05) is 0 Å². The van der Waals surface area contributed by atoms with Crippen molar-refractivity contribution in [2.24, 2.45) is 0 Å². The molecule has 0 radical (unpaired) electrons. The highest BCUT2D eigenvalue weighted by molar-refractivity contribution is 14.1. The number of hydrogen-bond donors (Lipinski definition) is 1. The maximum Gasteiger partial charge on any atom is 0.152 e. The molecule has 0 aliphatic carbocycles. The number of aromatic nitrogens is 1. The third-order valence-corrected chi connectivity index (χ3v) is 2.31. The number of aldehydes is 1. The third-order valence-electron chi connectivity index (χ3n) is 1.06. The van der Waals surface area contributed by atoms with E-state index in [1.807, 2.05) is 22.6 Å². The number of hydrogen-bond acceptors (Lipinski definition) is 3. The minimum atomic E-state index is 0.542. The van der Waals surface area contributed by atoms with E-state index in [4.69, 9.17) is 5.73 Å². The molecule has 0 saturated carbocycles. The molecule has 52 valence electrons. The number of nitrogen functional groups attached to an aromatic ring is 1. The van der Waals surface area contributed by atoms with Crippen LogP contribution in [0.2, 0.25) is 0 Å². The van der Waals surface area contributed by atoms with Crippen LogP contribution in [0.5, 0.6) is 0 Å². The van der Waals surface area contributed by atoms with Gasteiger partial charge in [-0.2, -0.15) is 0 Å². The number of anilines is 1. The molecule has 0 unspecified atom stereocenters. The first-order valence-corrected chi connectivity index (χ1v) is 3.67. The van der Waals surface area contributed by atoms with E-state index in [9.17, 15) is 4.79 Å². The second kappa shape index (κ2) is 2.96. The Morgan fingerprint density at radius 2 is 2.30 bits per heavy atom. The quantitative estimate of drug-likeness (QED) is 0.597. The lowest BCUT2D eigenvalue weighted by Crippen LogP contribution is -1.95. The smallest absolute Gasteiger partial charge is 0.152 e. The first-order chi connectivity index (χ1) is 4.75. The molecule has 1 aromatic rings. The second-order valence-electron chi connectivity index (χ2n) is 1.75. The van der Waals surface area contributed by atoms with Crippen LogP contribution in [0.1, 0.15) is 10.4 Å². The molecule has 3 nitrogen and oxygen atoms in total. The van der Waals surface area contributed by atoms with Gasteiger partial charge < -0.3 is 5.73 Å². The van der Waals surface area contributed by atoms with Crippen LogP contribution >= 0.6 is 22.6 Å². The van der Waals surface area contributed by atoms with Crippen LogP contribution < -0.4 is 5.73 Å². The lowest BCUT2D eigenvalue weighted by atomic mass is 10.3. The van der Waals surface area contributed by atoms with Gasteiger partial charge in [0.25, 0.3) is 0 Å². The van der Waals surface area contributed by atoms with Gasteiger partial charge in [0.1, 0.15) is 0 Å². The summed E-state index contributed by atoms with van der Waals surface area (Å²) < 4.78 is 0.766. The van der Waals surface area contributed by atoms with Gasteiger partial charge in [-0.25, -0.2) is 0 Å². The maximum absolute atomic E-state index is 10.3. The Balaban J connectivity index is 3.27. The highest BCUT2D eigenvalue weighted by Crippen LogP contribution is 2.15. The van der Waals surface area contributed by atoms with Crippen molar-refractivity contribution < 1.29 is 4.79 Å². The van der Waals surface area contributed by atoms with Gasteiger partial charge in [-0.05, 0) is 22.6 Å². The van der Waals surface area contributed by atoms with Gasteiger partial charge in [-0.15, -0.1) is 0 Å². The molecule has 2 N–H and O–H groups in total. The number of rotatable bonds is 1. The fourth-order valence-electron chi connectivity index (χ4n) is 0.560. The second-order valence-corrected chi connectivity index (χ2v) is 2.83. The van der Waals surface area contributed by atoms with Gasteiger partial charge >= 0.3 is 0 Å². The fraction of sp³-hybridized carbons (Fsp3) is 0. The van der Waals surface area contributed by atoms with E-state index in [0.29, 0.717) is 11.3 Å². The SMILES string of the molecule is Nc1cncc(C=O)c1I. The van der Waals surface area contributed by atoms with E-state index in [-0.39, 0.29) is 0 Å². The van der Waals surface area contributed by atoms with Gasteiger partial charge in [0.2, 0.25) is 0 Å². The lowest BCUT2D eigenvalue weighted by Gasteiger charge is -1.97. The van der Waals surface area contributed by atoms with Gasteiger partial charge in [-0.3, -0.25) is 9.78 Å². The molecule has 0 amide bonds. The Labute approximate surface area is 71.8 Å². The molecule has 0 bridgehead atoms. The Kier molecular flexibility index (Phi) is 2.21. The van der Waals surface area contributed by atoms with Gasteiger partial charge in [0.05, 0.1) is 11.9 Å². The third kappa shape index (κ3) is 1.26. The Bertz CT molecular complexity index is 262. The van der Waals surface area contributed by atoms with Crippen LogP contribution in [0.3, 0.4) is 0 Å². The van der Waals surface area contributed by atoms with E-state index < -0.39 is 0 Å². The monoisotopic (exact) mass is 248 g/mol. The van der Waals surface area contributed by atoms with Crippen molar-refractivity contribution in [2.45, 2.75) is 0 Å². The molecule has 1 heterocycles. The average molecular weight is 248 g/mol. The predicted molar refractivity (Wildman–Crippen MR) is 46.8 cm³/mol. The van der Waals surface area contributed by atoms with Crippen molar-refractivity contribution in [3.63, 3.8) is 0 Å². The van der Waals surface area contributed by atoms with Crippen LogP contribution in [-0.4, -0.2) is 11.3 Å². The van der Waals surface area contributed by atoms with Crippen molar-refractivity contribution in [3.05, 3.63) is 21.5 Å². The molecule has 0 fully saturated rings. The van der Waals surface area contributed by atoms with Crippen molar-refractivity contribution in [1.29, 1.82) is 0 Å². The zero-order chi connectivity index (χ0) is 7.56. The minimum absolute atomic E-state index is 0.542. The molecule has 10 heavy (non-hydrogen) atoms. The number of pyridine rings is 1. The minimum Gasteiger partial charge on any atom is -0.397 e. The topological polar surface area (TPSA) is 56.0 Å². The molecule has 0 aromatic carbocycles. The van der Waals surface area contributed by atoms with Crippen LogP contribution in [-0.2, 0) is 0 Å². The zero-order valence-electron chi connectivity index (χ0n) is 5.04. The average Bonchev–Trinajstić information content (AvgIpc) is 1.95. The Morgan fingerprint density at radius 3 is 2.80 bits per heavy atom. The first kappa shape index (κ1) is 7.46. The molecule has 0 aliphatic heterocycles. The molecular weight excluding hydrogens is 243 g/mol. The van der Waals surface area contributed by atoms with Crippen molar-refractivity contribution in [3.8, 4) is 0 Å². The van der Waals surface area contributed by atoms with E-state index in [1.54, 1.807) is 0 Å². The lowest BCUT2D eigenvalue weighted by molar-refractivity contribution is 0.112. The van der Waals surface area contributed by atoms with Crippen molar-refractivity contribution in [1.82, 2.24) is 4.98 Å². The van der Waals surface area contributed by atoms with E-state index in [2.05, 4.69) is 4.98 Å². The van der Waals surface area contributed by atoms with Crippen LogP contribution in [0, 0.1) is 3.57 Å². The summed E-state index contributed by atoms with van der Waals surface area (Å²) in [7, 11) is 0. The summed E-state index contributed by atoms with van der Waals surface area (Å²) in [4.78, 5) is 14.0. The maximum atomic E-state index is 10.3. The number of halogens is 1. The van der Waals surface area contributed by atoms with Crippen LogP contribution in [0.15, 0.2) is 12.4 Å². The summed E-state index contributed by atoms with van der Waals surface area (Å²) in [5, 5.41) is 0. The number of carbonyl (C=O) groups excluding carboxylic acids is 1. The molecule has 1 rings (SSSR count). The predicted octanol–water partition coefficient (Wildman–Crippen LogP) is 1.08. The molecule has 4 heteroatoms. The van der Waals surface area contributed by atoms with E-state index >= 15 is 0 Å². The van der Waals surface area contributed by atoms with E-state index in [0.717, 1.165) is 9.86 Å². The number of nitrogens with zero attached hydrogens (tertiary/aromatic N) is 1. The van der Waals surface area contributed by atoms with Crippen molar-refractivity contribution in [2.75, 3.05) is 5.73 Å². The van der Waals surface area contributed by atoms with Crippen LogP contribution in [0.25, 0.3) is 0 Å². The highest BCUT2D eigenvalue weighted by Gasteiger charge is 2.00. The fourth-order valence-corrected chi connectivity index (χ4v) is 0.966. The normalized spacial score (nSPS) is 9.30. The summed E-state index contributed by atoms with van der Waals surface area (Å²) in [6, 6.07) is 0. The van der Waals surface area contributed by atoms with Crippen molar-refractivity contribution >= 4 is 34.6 Å². The summed E-state index contributed by atoms with van der Waals surface area (Å²) in [5.74, 6) is 0. The standard InChI is InChI=1S/C6H5IN2O/c7-6-4(3-10)1-9-2-5(6)8/h1-3H,8H2. The Hall–Kier alpha value is -0.650. The van der Waals surface area contributed by atoms with Gasteiger partial charge in [0, 0.05) is 15.3 Å². The molecule has 0 spiro atoms. The van der Waals surface area contributed by atoms with E-state index in [1.165, 1.54) is 12.4 Å². The molecule has 0 saturated heterocycles. The Morgan fingerprint density at radius 1 is 1.60 bits per heavy atom. The first-order valence-electron chi connectivity index (χ1n) is 2.60. The summed E-state index contributed by atoms with van der Waals surface area (Å²) in [5.41, 5.74) is 6.56. The highest BCUT2D eigenvalue weighted by atomic mass is 127. The number of nitrogens with two attached hydrogens (primary N) is 1. The number of carbonyl (C=O) groups is 1.